The van der Waals surface area contributed by atoms with E-state index in [2.05, 4.69) is 39.0 Å². The predicted octanol–water partition coefficient (Wildman–Crippen LogP) is 6.36. The lowest BCUT2D eigenvalue weighted by Gasteiger charge is -2.19. The van der Waals surface area contributed by atoms with Crippen LogP contribution in [0, 0.1) is 12.8 Å². The van der Waals surface area contributed by atoms with E-state index < -0.39 is 0 Å². The van der Waals surface area contributed by atoms with Crippen molar-refractivity contribution in [1.29, 1.82) is 0 Å². The van der Waals surface area contributed by atoms with Crippen molar-refractivity contribution in [3.63, 3.8) is 0 Å². The number of aryl methyl sites for hydroxylation is 1. The van der Waals surface area contributed by atoms with Crippen LogP contribution in [-0.2, 0) is 0 Å². The molecule has 0 radical (unpaired) electrons. The van der Waals surface area contributed by atoms with Gasteiger partial charge >= 0.3 is 0 Å². The second kappa shape index (κ2) is 9.78. The number of benzene rings is 2. The first kappa shape index (κ1) is 18.9. The maximum absolute atomic E-state index is 6.28. The molecule has 2 aromatic rings. The van der Waals surface area contributed by atoms with Gasteiger partial charge in [-0.1, -0.05) is 57.4 Å². The molecular weight excluding hydrogens is 320 g/mol. The summed E-state index contributed by atoms with van der Waals surface area (Å²) in [6, 6.07) is 10.3. The summed E-state index contributed by atoms with van der Waals surface area (Å²) in [6.45, 7) is 7.87. The molecule has 0 aliphatic rings. The molecule has 0 saturated carbocycles. The zero-order valence-corrected chi connectivity index (χ0v) is 15.9. The highest BCUT2D eigenvalue weighted by Gasteiger charge is 2.14. The van der Waals surface area contributed by atoms with Gasteiger partial charge in [0, 0.05) is 10.8 Å². The Kier molecular flexibility index (Phi) is 7.71. The highest BCUT2D eigenvalue weighted by molar-refractivity contribution is 6.18. The van der Waals surface area contributed by atoms with Crippen molar-refractivity contribution < 1.29 is 9.47 Å². The van der Waals surface area contributed by atoms with Crippen molar-refractivity contribution in [2.75, 3.05) is 19.1 Å². The summed E-state index contributed by atoms with van der Waals surface area (Å²) in [7, 11) is 0. The molecule has 24 heavy (non-hydrogen) atoms. The highest BCUT2D eigenvalue weighted by atomic mass is 35.5. The minimum atomic E-state index is 0.487. The van der Waals surface area contributed by atoms with Crippen LogP contribution >= 0.6 is 11.6 Å². The summed E-state index contributed by atoms with van der Waals surface area (Å²) < 4.78 is 12.1. The molecule has 1 unspecified atom stereocenters. The summed E-state index contributed by atoms with van der Waals surface area (Å²) in [5.41, 5.74) is 1.11. The number of rotatable bonds is 10. The van der Waals surface area contributed by atoms with Crippen molar-refractivity contribution >= 4 is 22.4 Å². The van der Waals surface area contributed by atoms with Gasteiger partial charge in [0.1, 0.15) is 18.1 Å². The Bertz CT molecular complexity index is 639. The lowest BCUT2D eigenvalue weighted by molar-refractivity contribution is 0.234. The third-order valence-electron chi connectivity index (χ3n) is 4.48. The Morgan fingerprint density at radius 2 is 1.83 bits per heavy atom. The average molecular weight is 349 g/mol. The summed E-state index contributed by atoms with van der Waals surface area (Å²) >= 11 is 5.77. The van der Waals surface area contributed by atoms with Gasteiger partial charge in [-0.3, -0.25) is 0 Å². The summed E-state index contributed by atoms with van der Waals surface area (Å²) in [6.07, 6.45) is 4.91. The molecule has 0 amide bonds. The predicted molar refractivity (Wildman–Crippen MR) is 104 cm³/mol. The van der Waals surface area contributed by atoms with Crippen molar-refractivity contribution in [2.45, 2.75) is 46.5 Å². The normalized spacial score (nSPS) is 12.3. The second-order valence-electron chi connectivity index (χ2n) is 6.33. The Morgan fingerprint density at radius 1 is 1.08 bits per heavy atom. The number of halogens is 1. The molecular formula is C21H29ClO2. The van der Waals surface area contributed by atoms with Crippen LogP contribution in [0.25, 0.3) is 10.8 Å². The third kappa shape index (κ3) is 4.80. The van der Waals surface area contributed by atoms with Gasteiger partial charge in [0.05, 0.1) is 12.5 Å². The van der Waals surface area contributed by atoms with Crippen LogP contribution in [0.5, 0.6) is 11.5 Å². The van der Waals surface area contributed by atoms with Crippen LogP contribution in [0.4, 0.5) is 0 Å². The van der Waals surface area contributed by atoms with E-state index >= 15 is 0 Å². The summed E-state index contributed by atoms with van der Waals surface area (Å²) in [5, 5.41) is 2.21. The molecule has 2 rings (SSSR count). The number of hydrogen-bond acceptors (Lipinski definition) is 2. The molecule has 0 spiro atoms. The number of alkyl halides is 1. The van der Waals surface area contributed by atoms with Gasteiger partial charge in [-0.2, -0.15) is 0 Å². The van der Waals surface area contributed by atoms with E-state index in [1.54, 1.807) is 0 Å². The Morgan fingerprint density at radius 3 is 2.50 bits per heavy atom. The van der Waals surface area contributed by atoms with Crippen molar-refractivity contribution in [1.82, 2.24) is 0 Å². The van der Waals surface area contributed by atoms with E-state index in [0.717, 1.165) is 40.9 Å². The van der Waals surface area contributed by atoms with Crippen molar-refractivity contribution in [2.24, 2.45) is 5.92 Å². The zero-order valence-electron chi connectivity index (χ0n) is 15.1. The molecule has 0 heterocycles. The minimum absolute atomic E-state index is 0.487. The molecule has 2 aromatic carbocycles. The maximum Gasteiger partial charge on any atom is 0.130 e. The van der Waals surface area contributed by atoms with Gasteiger partial charge in [0.2, 0.25) is 0 Å². The van der Waals surface area contributed by atoms with E-state index in [0.29, 0.717) is 18.4 Å². The number of ether oxygens (including phenoxy) is 2. The van der Waals surface area contributed by atoms with Gasteiger partial charge in [-0.05, 0) is 30.9 Å². The highest BCUT2D eigenvalue weighted by Crippen LogP contribution is 2.37. The number of hydrogen-bond donors (Lipinski definition) is 0. The van der Waals surface area contributed by atoms with Crippen LogP contribution in [0.3, 0.4) is 0 Å². The first-order valence-corrected chi connectivity index (χ1v) is 9.58. The van der Waals surface area contributed by atoms with Gasteiger partial charge in [0.15, 0.2) is 0 Å². The van der Waals surface area contributed by atoms with Crippen LogP contribution < -0.4 is 9.47 Å². The second-order valence-corrected chi connectivity index (χ2v) is 6.71. The van der Waals surface area contributed by atoms with Gasteiger partial charge in [-0.15, -0.1) is 11.6 Å². The lowest BCUT2D eigenvalue weighted by Crippen LogP contribution is -2.12. The molecule has 132 valence electrons. The van der Waals surface area contributed by atoms with Crippen LogP contribution in [0.15, 0.2) is 30.3 Å². The molecule has 2 nitrogen and oxygen atoms in total. The topological polar surface area (TPSA) is 18.5 Å². The first-order chi connectivity index (χ1) is 11.7. The van der Waals surface area contributed by atoms with E-state index in [1.807, 2.05) is 12.1 Å². The fourth-order valence-electron chi connectivity index (χ4n) is 3.01. The third-order valence-corrected chi connectivity index (χ3v) is 4.64. The molecule has 3 heteroatoms. The van der Waals surface area contributed by atoms with Crippen LogP contribution in [0.1, 0.15) is 45.1 Å². The molecule has 0 aliphatic carbocycles. The van der Waals surface area contributed by atoms with Crippen LogP contribution in [-0.4, -0.2) is 19.1 Å². The molecule has 0 N–H and O–H groups in total. The Balaban J connectivity index is 2.25. The number of unbranched alkanes of at least 4 members (excludes halogenated alkanes) is 1. The Labute approximate surface area is 151 Å². The van der Waals surface area contributed by atoms with Gasteiger partial charge in [-0.25, -0.2) is 0 Å². The molecule has 0 aliphatic heterocycles. The Hall–Kier alpha value is -1.41. The van der Waals surface area contributed by atoms with E-state index in [9.17, 15) is 0 Å². The maximum atomic E-state index is 6.28. The van der Waals surface area contributed by atoms with Gasteiger partial charge in [0.25, 0.3) is 0 Å². The van der Waals surface area contributed by atoms with Crippen molar-refractivity contribution in [3.05, 3.63) is 35.9 Å². The fourth-order valence-corrected chi connectivity index (χ4v) is 3.08. The quantitative estimate of drug-likeness (QED) is 0.465. The average Bonchev–Trinajstić information content (AvgIpc) is 2.61. The fraction of sp³-hybridized carbons (Fsp3) is 0.524. The van der Waals surface area contributed by atoms with E-state index in [4.69, 9.17) is 21.1 Å². The lowest BCUT2D eigenvalue weighted by atomic mass is 10.00. The van der Waals surface area contributed by atoms with Crippen LogP contribution in [0.2, 0.25) is 0 Å². The number of fused-ring (bicyclic) bond motifs is 1. The molecule has 0 aromatic heterocycles. The van der Waals surface area contributed by atoms with E-state index in [-0.39, 0.29) is 0 Å². The minimum Gasteiger partial charge on any atom is -0.492 e. The van der Waals surface area contributed by atoms with E-state index in [1.165, 1.54) is 19.3 Å². The SMILES string of the molecule is CCCCC(CC)COc1c(C)cc(OCCCl)c2ccccc12. The monoisotopic (exact) mass is 348 g/mol. The molecule has 0 saturated heterocycles. The standard InChI is InChI=1S/C21H29ClO2/c1-4-6-9-17(5-2)15-24-21-16(3)14-20(23-13-12-22)18-10-7-8-11-19(18)21/h7-8,10-11,14,17H,4-6,9,12-13,15H2,1-3H3. The first-order valence-electron chi connectivity index (χ1n) is 9.05. The van der Waals surface area contributed by atoms with Gasteiger partial charge < -0.3 is 9.47 Å². The summed E-state index contributed by atoms with van der Waals surface area (Å²) in [5.74, 6) is 2.98. The largest absolute Gasteiger partial charge is 0.492 e. The molecule has 1 atom stereocenters. The zero-order chi connectivity index (χ0) is 17.4. The molecule has 0 bridgehead atoms. The van der Waals surface area contributed by atoms with Crippen molar-refractivity contribution in [3.8, 4) is 11.5 Å². The molecule has 0 fully saturated rings. The smallest absolute Gasteiger partial charge is 0.130 e. The summed E-state index contributed by atoms with van der Waals surface area (Å²) in [4.78, 5) is 0.